The number of para-hydroxylation sites is 1. The van der Waals surface area contributed by atoms with E-state index in [1.165, 1.54) is 12.1 Å². The van der Waals surface area contributed by atoms with Crippen molar-refractivity contribution >= 4 is 11.6 Å². The third-order valence-corrected chi connectivity index (χ3v) is 3.79. The van der Waals surface area contributed by atoms with E-state index in [0.717, 1.165) is 18.9 Å². The smallest absolute Gasteiger partial charge is 0.311 e. The van der Waals surface area contributed by atoms with Gasteiger partial charge >= 0.3 is 5.69 Å². The monoisotopic (exact) mass is 294 g/mol. The highest BCUT2D eigenvalue weighted by molar-refractivity contribution is 5.98. The lowest BCUT2D eigenvalue weighted by Crippen LogP contribution is -2.40. The topological polar surface area (TPSA) is 104 Å². The molecular weight excluding hydrogens is 276 g/mol. The summed E-state index contributed by atoms with van der Waals surface area (Å²) in [5.41, 5.74) is -0.515. The number of hydrogen-bond acceptors (Lipinski definition) is 5. The van der Waals surface area contributed by atoms with Gasteiger partial charge in [-0.1, -0.05) is 6.07 Å². The van der Waals surface area contributed by atoms with Gasteiger partial charge in [0.25, 0.3) is 5.91 Å². The maximum atomic E-state index is 12.4. The van der Waals surface area contributed by atoms with Crippen molar-refractivity contribution in [2.75, 3.05) is 19.7 Å². The molecule has 1 aliphatic rings. The maximum absolute atomic E-state index is 12.4. The molecule has 1 amide bonds. The summed E-state index contributed by atoms with van der Waals surface area (Å²) in [6.45, 7) is 1.14. The Hall–Kier alpha value is -2.15. The Balaban J connectivity index is 2.20. The van der Waals surface area contributed by atoms with E-state index in [9.17, 15) is 20.0 Å². The number of nitro benzene ring substituents is 1. The van der Waals surface area contributed by atoms with Gasteiger partial charge < -0.3 is 15.1 Å². The number of rotatable bonds is 4. The van der Waals surface area contributed by atoms with Crippen molar-refractivity contribution in [1.29, 1.82) is 0 Å². The molecule has 21 heavy (non-hydrogen) atoms. The van der Waals surface area contributed by atoms with Crippen molar-refractivity contribution in [3.63, 3.8) is 0 Å². The molecule has 7 heteroatoms. The summed E-state index contributed by atoms with van der Waals surface area (Å²) in [5, 5.41) is 29.7. The Morgan fingerprint density at radius 3 is 2.90 bits per heavy atom. The van der Waals surface area contributed by atoms with E-state index in [0.29, 0.717) is 19.5 Å². The summed E-state index contributed by atoms with van der Waals surface area (Å²) in [4.78, 5) is 24.1. The highest BCUT2D eigenvalue weighted by Crippen LogP contribution is 2.31. The predicted octanol–water partition coefficient (Wildman–Crippen LogP) is 1.53. The predicted molar refractivity (Wildman–Crippen MR) is 75.1 cm³/mol. The first-order chi connectivity index (χ1) is 10.0. The highest BCUT2D eigenvalue weighted by Gasteiger charge is 2.28. The van der Waals surface area contributed by atoms with Crippen LogP contribution in [0.15, 0.2) is 18.2 Å². The third kappa shape index (κ3) is 3.30. The molecule has 7 nitrogen and oxygen atoms in total. The van der Waals surface area contributed by atoms with E-state index in [1.54, 1.807) is 4.90 Å². The number of amides is 1. The number of likely N-dealkylation sites (tertiary alicyclic amines) is 1. The minimum atomic E-state index is -0.711. The van der Waals surface area contributed by atoms with E-state index in [2.05, 4.69) is 0 Å². The number of aliphatic hydroxyl groups is 1. The molecule has 0 spiro atoms. The van der Waals surface area contributed by atoms with Crippen molar-refractivity contribution < 1.29 is 19.9 Å². The number of hydrogen-bond donors (Lipinski definition) is 2. The van der Waals surface area contributed by atoms with Crippen LogP contribution in [-0.4, -0.2) is 45.6 Å². The molecule has 1 aromatic carbocycles. The molecule has 114 valence electrons. The van der Waals surface area contributed by atoms with Gasteiger partial charge in [0.05, 0.1) is 10.5 Å². The Labute approximate surface area is 122 Å². The number of piperidine rings is 1. The van der Waals surface area contributed by atoms with Gasteiger partial charge in [-0.3, -0.25) is 14.9 Å². The molecule has 0 aromatic heterocycles. The first-order valence-electron chi connectivity index (χ1n) is 6.91. The standard InChI is InChI=1S/C14H18N2O5/c17-8-6-10-3-2-7-15(9-10)14(19)11-4-1-5-12(13(11)18)16(20)21/h1,4-5,10,17-18H,2-3,6-9H2. The van der Waals surface area contributed by atoms with Gasteiger partial charge in [0, 0.05) is 25.8 Å². The zero-order valence-corrected chi connectivity index (χ0v) is 11.6. The van der Waals surface area contributed by atoms with E-state index >= 15 is 0 Å². The molecule has 0 aliphatic carbocycles. The van der Waals surface area contributed by atoms with Crippen LogP contribution in [0, 0.1) is 16.0 Å². The summed E-state index contributed by atoms with van der Waals surface area (Å²) in [5.74, 6) is -0.760. The molecule has 0 radical (unpaired) electrons. The van der Waals surface area contributed by atoms with E-state index in [4.69, 9.17) is 5.11 Å². The fourth-order valence-electron chi connectivity index (χ4n) is 2.69. The van der Waals surface area contributed by atoms with Crippen molar-refractivity contribution in [2.24, 2.45) is 5.92 Å². The average Bonchev–Trinajstić information content (AvgIpc) is 2.47. The Kier molecular flexibility index (Phi) is 4.74. The van der Waals surface area contributed by atoms with Crippen LogP contribution in [0.5, 0.6) is 5.75 Å². The van der Waals surface area contributed by atoms with Gasteiger partial charge in [0.2, 0.25) is 5.75 Å². The molecule has 0 bridgehead atoms. The molecule has 1 unspecified atom stereocenters. The van der Waals surface area contributed by atoms with Crippen LogP contribution < -0.4 is 0 Å². The van der Waals surface area contributed by atoms with Crippen LogP contribution >= 0.6 is 0 Å². The number of phenolic OH excluding ortho intramolecular Hbond substituents is 1. The summed E-state index contributed by atoms with van der Waals surface area (Å²) in [6.07, 6.45) is 2.40. The molecule has 1 atom stereocenters. The number of phenols is 1. The zero-order chi connectivity index (χ0) is 15.4. The quantitative estimate of drug-likeness (QED) is 0.647. The van der Waals surface area contributed by atoms with E-state index in [-0.39, 0.29) is 18.1 Å². The number of nitrogens with zero attached hydrogens (tertiary/aromatic N) is 2. The molecule has 1 fully saturated rings. The first kappa shape index (κ1) is 15.2. The lowest BCUT2D eigenvalue weighted by Gasteiger charge is -2.32. The summed E-state index contributed by atoms with van der Waals surface area (Å²) >= 11 is 0. The SMILES string of the molecule is O=C(c1cccc([N+](=O)[O-])c1O)N1CCCC(CCO)C1. The van der Waals surface area contributed by atoms with Gasteiger partial charge in [0.15, 0.2) is 0 Å². The lowest BCUT2D eigenvalue weighted by atomic mass is 9.94. The summed E-state index contributed by atoms with van der Waals surface area (Å²) < 4.78 is 0. The second-order valence-corrected chi connectivity index (χ2v) is 5.20. The molecular formula is C14H18N2O5. The van der Waals surface area contributed by atoms with Crippen LogP contribution in [0.4, 0.5) is 5.69 Å². The number of nitro groups is 1. The van der Waals surface area contributed by atoms with Gasteiger partial charge in [-0.2, -0.15) is 0 Å². The van der Waals surface area contributed by atoms with E-state index < -0.39 is 22.3 Å². The van der Waals surface area contributed by atoms with Crippen LogP contribution in [0.1, 0.15) is 29.6 Å². The molecule has 1 heterocycles. The maximum Gasteiger partial charge on any atom is 0.311 e. The van der Waals surface area contributed by atoms with Gasteiger partial charge in [-0.05, 0) is 31.2 Å². The second-order valence-electron chi connectivity index (χ2n) is 5.20. The third-order valence-electron chi connectivity index (χ3n) is 3.79. The van der Waals surface area contributed by atoms with Crippen molar-refractivity contribution in [3.05, 3.63) is 33.9 Å². The van der Waals surface area contributed by atoms with Crippen LogP contribution in [-0.2, 0) is 0 Å². The highest BCUT2D eigenvalue weighted by atomic mass is 16.6. The Morgan fingerprint density at radius 2 is 2.24 bits per heavy atom. The van der Waals surface area contributed by atoms with Gasteiger partial charge in [-0.15, -0.1) is 0 Å². The number of carbonyl (C=O) groups excluding carboxylic acids is 1. The summed E-state index contributed by atoms with van der Waals surface area (Å²) in [7, 11) is 0. The number of carbonyl (C=O) groups is 1. The second kappa shape index (κ2) is 6.53. The molecule has 2 rings (SSSR count). The van der Waals surface area contributed by atoms with Gasteiger partial charge in [-0.25, -0.2) is 0 Å². The molecule has 1 aromatic rings. The summed E-state index contributed by atoms with van der Waals surface area (Å²) in [6, 6.07) is 3.94. The van der Waals surface area contributed by atoms with Crippen LogP contribution in [0.2, 0.25) is 0 Å². The van der Waals surface area contributed by atoms with Crippen molar-refractivity contribution in [2.45, 2.75) is 19.3 Å². The minimum Gasteiger partial charge on any atom is -0.502 e. The Morgan fingerprint density at radius 1 is 1.48 bits per heavy atom. The molecule has 0 saturated carbocycles. The normalized spacial score (nSPS) is 18.5. The average molecular weight is 294 g/mol. The van der Waals surface area contributed by atoms with Crippen LogP contribution in [0.3, 0.4) is 0 Å². The fraction of sp³-hybridized carbons (Fsp3) is 0.500. The lowest BCUT2D eigenvalue weighted by molar-refractivity contribution is -0.385. The molecule has 1 saturated heterocycles. The first-order valence-corrected chi connectivity index (χ1v) is 6.91. The Bertz CT molecular complexity index is 544. The van der Waals surface area contributed by atoms with Gasteiger partial charge in [0.1, 0.15) is 0 Å². The number of benzene rings is 1. The van der Waals surface area contributed by atoms with Crippen molar-refractivity contribution in [1.82, 2.24) is 4.90 Å². The van der Waals surface area contributed by atoms with Crippen molar-refractivity contribution in [3.8, 4) is 5.75 Å². The minimum absolute atomic E-state index is 0.0474. The number of aliphatic hydroxyl groups excluding tert-OH is 1. The zero-order valence-electron chi connectivity index (χ0n) is 11.6. The number of aromatic hydroxyl groups is 1. The largest absolute Gasteiger partial charge is 0.502 e. The van der Waals surface area contributed by atoms with Crippen LogP contribution in [0.25, 0.3) is 0 Å². The van der Waals surface area contributed by atoms with E-state index in [1.807, 2.05) is 0 Å². The molecule has 2 N–H and O–H groups in total. The fourth-order valence-corrected chi connectivity index (χ4v) is 2.69. The molecule has 1 aliphatic heterocycles.